The minimum Gasteiger partial charge on any atom is -0.481 e. The van der Waals surface area contributed by atoms with E-state index in [-0.39, 0.29) is 5.56 Å². The molecule has 0 saturated carbocycles. The van der Waals surface area contributed by atoms with E-state index in [9.17, 15) is 23.1 Å². The van der Waals surface area contributed by atoms with E-state index in [1.54, 1.807) is 6.07 Å². The number of carboxylic acid groups (broad SMARTS) is 1. The van der Waals surface area contributed by atoms with Crippen molar-refractivity contribution < 1.29 is 23.1 Å². The number of halogens is 3. The van der Waals surface area contributed by atoms with Crippen LogP contribution in [0.15, 0.2) is 78.9 Å². The number of carbonyl (C=O) groups is 1. The highest BCUT2D eigenvalue weighted by Gasteiger charge is 2.38. The lowest BCUT2D eigenvalue weighted by atomic mass is 9.88. The predicted octanol–water partition coefficient (Wildman–Crippen LogP) is 6.26. The molecular formula is C26H24F3NO2. The molecule has 0 aliphatic carbocycles. The fourth-order valence-corrected chi connectivity index (χ4v) is 4.47. The second-order valence-electron chi connectivity index (χ2n) is 8.12. The fraction of sp³-hybridized carbons (Fsp3) is 0.269. The number of nitrogens with zero attached hydrogens (tertiary/aromatic N) is 1. The van der Waals surface area contributed by atoms with Crippen molar-refractivity contribution in [2.24, 2.45) is 5.92 Å². The van der Waals surface area contributed by atoms with Crippen LogP contribution < -0.4 is 0 Å². The lowest BCUT2D eigenvalue weighted by molar-refractivity contribution is -0.143. The first-order valence-electron chi connectivity index (χ1n) is 10.6. The fourth-order valence-electron chi connectivity index (χ4n) is 4.47. The number of rotatable bonds is 5. The zero-order valence-corrected chi connectivity index (χ0v) is 17.4. The molecule has 166 valence electrons. The summed E-state index contributed by atoms with van der Waals surface area (Å²) in [5.41, 5.74) is 2.32. The van der Waals surface area contributed by atoms with Gasteiger partial charge in [-0.1, -0.05) is 72.8 Å². The van der Waals surface area contributed by atoms with Crippen molar-refractivity contribution in [1.29, 1.82) is 0 Å². The van der Waals surface area contributed by atoms with Gasteiger partial charge in [0, 0.05) is 0 Å². The minimum atomic E-state index is -4.47. The van der Waals surface area contributed by atoms with Gasteiger partial charge in [0.1, 0.15) is 0 Å². The Labute approximate surface area is 185 Å². The zero-order valence-electron chi connectivity index (χ0n) is 17.4. The van der Waals surface area contributed by atoms with E-state index in [0.717, 1.165) is 22.8 Å². The largest absolute Gasteiger partial charge is 0.481 e. The molecule has 1 aliphatic heterocycles. The molecule has 0 spiro atoms. The van der Waals surface area contributed by atoms with Gasteiger partial charge in [-0.25, -0.2) is 0 Å². The van der Waals surface area contributed by atoms with Crippen molar-refractivity contribution in [2.45, 2.75) is 25.1 Å². The molecule has 3 nitrogen and oxygen atoms in total. The van der Waals surface area contributed by atoms with Crippen molar-refractivity contribution in [3.63, 3.8) is 0 Å². The summed E-state index contributed by atoms with van der Waals surface area (Å²) in [6.07, 6.45) is -3.64. The molecule has 1 aliphatic rings. The lowest BCUT2D eigenvalue weighted by Crippen LogP contribution is -2.39. The van der Waals surface area contributed by atoms with Crippen LogP contribution in [0.25, 0.3) is 11.1 Å². The third-order valence-corrected chi connectivity index (χ3v) is 6.14. The molecule has 6 heteroatoms. The van der Waals surface area contributed by atoms with Gasteiger partial charge < -0.3 is 5.11 Å². The Hall–Kier alpha value is -3.12. The summed E-state index contributed by atoms with van der Waals surface area (Å²) in [6, 6.07) is 22.5. The summed E-state index contributed by atoms with van der Waals surface area (Å²) in [5.74, 6) is -1.30. The van der Waals surface area contributed by atoms with Gasteiger partial charge in [-0.05, 0) is 54.3 Å². The topological polar surface area (TPSA) is 40.5 Å². The van der Waals surface area contributed by atoms with Crippen LogP contribution in [-0.4, -0.2) is 29.1 Å². The highest BCUT2D eigenvalue weighted by atomic mass is 19.4. The van der Waals surface area contributed by atoms with E-state index in [4.69, 9.17) is 0 Å². The van der Waals surface area contributed by atoms with Crippen LogP contribution in [-0.2, 0) is 11.0 Å². The number of benzene rings is 3. The standard InChI is InChI=1S/C26H24F3NO2/c27-26(28,29)23-9-5-4-8-22(23)24(30-16-14-21(15-17-30)25(31)32)20-12-10-19(11-13-20)18-6-2-1-3-7-18/h1-13,21,24H,14-17H2,(H,31,32). The maximum Gasteiger partial charge on any atom is 0.416 e. The van der Waals surface area contributed by atoms with Crippen LogP contribution in [0.2, 0.25) is 0 Å². The van der Waals surface area contributed by atoms with Crippen LogP contribution in [0.4, 0.5) is 13.2 Å². The van der Waals surface area contributed by atoms with Gasteiger partial charge in [-0.15, -0.1) is 0 Å². The normalized spacial score (nSPS) is 16.6. The lowest BCUT2D eigenvalue weighted by Gasteiger charge is -2.38. The first-order chi connectivity index (χ1) is 15.3. The zero-order chi connectivity index (χ0) is 22.7. The third-order valence-electron chi connectivity index (χ3n) is 6.14. The summed E-state index contributed by atoms with van der Waals surface area (Å²) in [5, 5.41) is 9.32. The van der Waals surface area contributed by atoms with E-state index in [0.29, 0.717) is 25.9 Å². The summed E-state index contributed by atoms with van der Waals surface area (Å²) in [6.45, 7) is 0.850. The molecule has 1 atom stereocenters. The van der Waals surface area contributed by atoms with Crippen molar-refractivity contribution in [3.8, 4) is 11.1 Å². The Morgan fingerprint density at radius 3 is 2.00 bits per heavy atom. The second-order valence-corrected chi connectivity index (χ2v) is 8.12. The number of alkyl halides is 3. The SMILES string of the molecule is O=C(O)C1CCN(C(c2ccc(-c3ccccc3)cc2)c2ccccc2C(F)(F)F)CC1. The smallest absolute Gasteiger partial charge is 0.416 e. The van der Waals surface area contributed by atoms with E-state index in [1.807, 2.05) is 59.5 Å². The Morgan fingerprint density at radius 2 is 1.41 bits per heavy atom. The van der Waals surface area contributed by atoms with Crippen molar-refractivity contribution in [1.82, 2.24) is 4.90 Å². The third kappa shape index (κ3) is 4.70. The average Bonchev–Trinajstić information content (AvgIpc) is 2.80. The number of hydrogen-bond acceptors (Lipinski definition) is 2. The molecule has 4 rings (SSSR count). The molecule has 1 fully saturated rings. The van der Waals surface area contributed by atoms with Crippen LogP contribution in [0.5, 0.6) is 0 Å². The number of piperidine rings is 1. The van der Waals surface area contributed by atoms with Gasteiger partial charge in [0.15, 0.2) is 0 Å². The number of aliphatic carboxylic acids is 1. The Kier molecular flexibility index (Phi) is 6.33. The van der Waals surface area contributed by atoms with Crippen LogP contribution in [0.3, 0.4) is 0 Å². The van der Waals surface area contributed by atoms with Gasteiger partial charge in [-0.3, -0.25) is 9.69 Å². The average molecular weight is 439 g/mol. The molecule has 0 bridgehead atoms. The van der Waals surface area contributed by atoms with Crippen LogP contribution >= 0.6 is 0 Å². The van der Waals surface area contributed by atoms with Gasteiger partial charge in [0.25, 0.3) is 0 Å². The van der Waals surface area contributed by atoms with E-state index in [1.165, 1.54) is 12.1 Å². The first kappa shape index (κ1) is 22.1. The first-order valence-corrected chi connectivity index (χ1v) is 10.6. The van der Waals surface area contributed by atoms with Crippen molar-refractivity contribution in [3.05, 3.63) is 95.6 Å². The molecule has 1 saturated heterocycles. The molecular weight excluding hydrogens is 415 g/mol. The predicted molar refractivity (Wildman–Crippen MR) is 117 cm³/mol. The summed E-state index contributed by atoms with van der Waals surface area (Å²) >= 11 is 0. The van der Waals surface area contributed by atoms with E-state index < -0.39 is 29.7 Å². The molecule has 1 heterocycles. The van der Waals surface area contributed by atoms with Gasteiger partial charge in [0.2, 0.25) is 0 Å². The number of likely N-dealkylation sites (tertiary alicyclic amines) is 1. The quantitative estimate of drug-likeness (QED) is 0.510. The summed E-state index contributed by atoms with van der Waals surface area (Å²) in [4.78, 5) is 13.3. The van der Waals surface area contributed by atoms with E-state index >= 15 is 0 Å². The second kappa shape index (κ2) is 9.17. The summed E-state index contributed by atoms with van der Waals surface area (Å²) < 4.78 is 41.5. The molecule has 3 aromatic rings. The Balaban J connectivity index is 1.73. The Bertz CT molecular complexity index is 1060. The van der Waals surface area contributed by atoms with Crippen molar-refractivity contribution in [2.75, 3.05) is 13.1 Å². The summed E-state index contributed by atoms with van der Waals surface area (Å²) in [7, 11) is 0. The number of hydrogen-bond donors (Lipinski definition) is 1. The molecule has 0 aromatic heterocycles. The molecule has 3 aromatic carbocycles. The van der Waals surface area contributed by atoms with Gasteiger partial charge >= 0.3 is 12.1 Å². The molecule has 32 heavy (non-hydrogen) atoms. The highest BCUT2D eigenvalue weighted by Crippen LogP contribution is 2.40. The maximum absolute atomic E-state index is 13.8. The molecule has 0 radical (unpaired) electrons. The van der Waals surface area contributed by atoms with Crippen molar-refractivity contribution >= 4 is 5.97 Å². The van der Waals surface area contributed by atoms with Crippen LogP contribution in [0.1, 0.15) is 35.6 Å². The molecule has 1 unspecified atom stereocenters. The highest BCUT2D eigenvalue weighted by molar-refractivity contribution is 5.70. The van der Waals surface area contributed by atoms with Crippen LogP contribution in [0, 0.1) is 5.92 Å². The monoisotopic (exact) mass is 439 g/mol. The maximum atomic E-state index is 13.8. The van der Waals surface area contributed by atoms with Gasteiger partial charge in [0.05, 0.1) is 17.5 Å². The molecule has 1 N–H and O–H groups in total. The molecule has 0 amide bonds. The number of carboxylic acids is 1. The van der Waals surface area contributed by atoms with Gasteiger partial charge in [-0.2, -0.15) is 13.2 Å². The Morgan fingerprint density at radius 1 is 0.844 bits per heavy atom. The van der Waals surface area contributed by atoms with E-state index in [2.05, 4.69) is 0 Å². The minimum absolute atomic E-state index is 0.196.